The quantitative estimate of drug-likeness (QED) is 0.721. The second-order valence-electron chi connectivity index (χ2n) is 6.03. The Hall–Kier alpha value is -1.36. The van der Waals surface area contributed by atoms with Crippen molar-refractivity contribution in [3.05, 3.63) is 11.4 Å². The van der Waals surface area contributed by atoms with Crippen LogP contribution in [0.25, 0.3) is 0 Å². The van der Waals surface area contributed by atoms with Crippen molar-refractivity contribution in [2.45, 2.75) is 64.9 Å². The first-order chi connectivity index (χ1) is 10.1. The van der Waals surface area contributed by atoms with Crippen LogP contribution in [-0.2, 0) is 6.42 Å². The molecule has 5 heteroatoms. The molecule has 0 radical (unpaired) electrons. The standard InChI is InChI=1S/C16H28N4O/c1-4-8-13-19-14(17-5-2)12(3)15(20-13)18-11-16(21)9-6-7-10-16/h21H,4-11H2,1-3H3,(H2,17,18,19,20). The van der Waals surface area contributed by atoms with Gasteiger partial charge in [-0.25, -0.2) is 9.97 Å². The number of hydrogen-bond acceptors (Lipinski definition) is 5. The Labute approximate surface area is 127 Å². The van der Waals surface area contributed by atoms with Gasteiger partial charge in [0.1, 0.15) is 17.5 Å². The van der Waals surface area contributed by atoms with Gasteiger partial charge in [0, 0.05) is 25.1 Å². The van der Waals surface area contributed by atoms with Crippen molar-refractivity contribution < 1.29 is 5.11 Å². The lowest BCUT2D eigenvalue weighted by Gasteiger charge is -2.24. The fourth-order valence-electron chi connectivity index (χ4n) is 2.87. The summed E-state index contributed by atoms with van der Waals surface area (Å²) in [7, 11) is 0. The van der Waals surface area contributed by atoms with E-state index in [1.54, 1.807) is 0 Å². The minimum Gasteiger partial charge on any atom is -0.388 e. The molecule has 118 valence electrons. The highest BCUT2D eigenvalue weighted by molar-refractivity contribution is 5.57. The van der Waals surface area contributed by atoms with Gasteiger partial charge in [-0.1, -0.05) is 19.8 Å². The third-order valence-corrected chi connectivity index (χ3v) is 4.13. The fourth-order valence-corrected chi connectivity index (χ4v) is 2.87. The van der Waals surface area contributed by atoms with Crippen LogP contribution in [0.4, 0.5) is 11.6 Å². The first-order valence-corrected chi connectivity index (χ1v) is 8.15. The summed E-state index contributed by atoms with van der Waals surface area (Å²) in [4.78, 5) is 9.21. The molecule has 3 N–H and O–H groups in total. The molecule has 1 aliphatic carbocycles. The van der Waals surface area contributed by atoms with Crippen molar-refractivity contribution in [3.8, 4) is 0 Å². The third kappa shape index (κ3) is 4.06. The van der Waals surface area contributed by atoms with Crippen molar-refractivity contribution in [1.82, 2.24) is 9.97 Å². The molecule has 2 rings (SSSR count). The largest absolute Gasteiger partial charge is 0.388 e. The Morgan fingerprint density at radius 3 is 2.29 bits per heavy atom. The predicted octanol–water partition coefficient (Wildman–Crippen LogP) is 2.89. The van der Waals surface area contributed by atoms with E-state index in [4.69, 9.17) is 0 Å². The molecule has 1 saturated carbocycles. The van der Waals surface area contributed by atoms with E-state index in [1.807, 2.05) is 6.92 Å². The van der Waals surface area contributed by atoms with Crippen molar-refractivity contribution in [3.63, 3.8) is 0 Å². The van der Waals surface area contributed by atoms with Crippen LogP contribution in [0.5, 0.6) is 0 Å². The lowest BCUT2D eigenvalue weighted by atomic mass is 10.0. The van der Waals surface area contributed by atoms with Gasteiger partial charge in [-0.05, 0) is 33.1 Å². The van der Waals surface area contributed by atoms with E-state index in [-0.39, 0.29) is 0 Å². The Kier molecular flexibility index (Phi) is 5.39. The molecule has 0 amide bonds. The van der Waals surface area contributed by atoms with Gasteiger partial charge in [-0.3, -0.25) is 0 Å². The van der Waals surface area contributed by atoms with Crippen LogP contribution in [0.3, 0.4) is 0 Å². The number of nitrogens with one attached hydrogen (secondary N) is 2. The van der Waals surface area contributed by atoms with Gasteiger partial charge in [-0.2, -0.15) is 0 Å². The lowest BCUT2D eigenvalue weighted by molar-refractivity contribution is 0.0614. The normalized spacial score (nSPS) is 17.0. The Balaban J connectivity index is 2.15. The number of aliphatic hydroxyl groups is 1. The topological polar surface area (TPSA) is 70.1 Å². The van der Waals surface area contributed by atoms with Crippen molar-refractivity contribution in [2.75, 3.05) is 23.7 Å². The van der Waals surface area contributed by atoms with Crippen LogP contribution < -0.4 is 10.6 Å². The van der Waals surface area contributed by atoms with Crippen LogP contribution in [-0.4, -0.2) is 33.8 Å². The zero-order valence-corrected chi connectivity index (χ0v) is 13.5. The van der Waals surface area contributed by atoms with E-state index in [1.165, 1.54) is 0 Å². The molecule has 1 fully saturated rings. The molecule has 1 aromatic heterocycles. The van der Waals surface area contributed by atoms with Gasteiger partial charge in [0.2, 0.25) is 0 Å². The molecule has 0 aromatic carbocycles. The van der Waals surface area contributed by atoms with E-state index in [2.05, 4.69) is 34.4 Å². The monoisotopic (exact) mass is 292 g/mol. The number of aryl methyl sites for hydroxylation is 1. The number of rotatable bonds is 7. The van der Waals surface area contributed by atoms with Gasteiger partial charge in [0.15, 0.2) is 0 Å². The van der Waals surface area contributed by atoms with Gasteiger partial charge in [-0.15, -0.1) is 0 Å². The second-order valence-corrected chi connectivity index (χ2v) is 6.03. The minimum atomic E-state index is -0.569. The Bertz CT molecular complexity index is 470. The summed E-state index contributed by atoms with van der Waals surface area (Å²) < 4.78 is 0. The summed E-state index contributed by atoms with van der Waals surface area (Å²) >= 11 is 0. The molecular weight excluding hydrogens is 264 g/mol. The number of hydrogen-bond donors (Lipinski definition) is 3. The molecule has 0 spiro atoms. The number of nitrogens with zero attached hydrogens (tertiary/aromatic N) is 2. The molecule has 21 heavy (non-hydrogen) atoms. The molecule has 1 heterocycles. The average Bonchev–Trinajstić information content (AvgIpc) is 2.88. The summed E-state index contributed by atoms with van der Waals surface area (Å²) in [6.45, 7) is 7.63. The molecular formula is C16H28N4O. The van der Waals surface area contributed by atoms with Crippen LogP contribution >= 0.6 is 0 Å². The summed E-state index contributed by atoms with van der Waals surface area (Å²) in [6, 6.07) is 0. The van der Waals surface area contributed by atoms with Gasteiger partial charge in [0.05, 0.1) is 5.60 Å². The maximum Gasteiger partial charge on any atom is 0.134 e. The summed E-state index contributed by atoms with van der Waals surface area (Å²) in [6.07, 6.45) is 5.89. The van der Waals surface area contributed by atoms with Gasteiger partial charge >= 0.3 is 0 Å². The highest BCUT2D eigenvalue weighted by Gasteiger charge is 2.31. The van der Waals surface area contributed by atoms with Crippen LogP contribution in [0, 0.1) is 6.92 Å². The lowest BCUT2D eigenvalue weighted by Crippen LogP contribution is -2.34. The van der Waals surface area contributed by atoms with Crippen LogP contribution in [0.2, 0.25) is 0 Å². The van der Waals surface area contributed by atoms with Crippen molar-refractivity contribution in [1.29, 1.82) is 0 Å². The maximum absolute atomic E-state index is 10.5. The van der Waals surface area contributed by atoms with Crippen LogP contribution in [0.15, 0.2) is 0 Å². The maximum atomic E-state index is 10.5. The zero-order chi connectivity index (χ0) is 15.3. The molecule has 0 atom stereocenters. The summed E-state index contributed by atoms with van der Waals surface area (Å²) in [5.74, 6) is 2.61. The van der Waals surface area contributed by atoms with Gasteiger partial charge in [0.25, 0.3) is 0 Å². The zero-order valence-electron chi connectivity index (χ0n) is 13.5. The smallest absolute Gasteiger partial charge is 0.134 e. The molecule has 1 aliphatic rings. The number of anilines is 2. The Morgan fingerprint density at radius 2 is 1.71 bits per heavy atom. The molecule has 1 aromatic rings. The van der Waals surface area contributed by atoms with Crippen LogP contribution in [0.1, 0.15) is 57.3 Å². The van der Waals surface area contributed by atoms with Gasteiger partial charge < -0.3 is 15.7 Å². The first kappa shape index (κ1) is 16.0. The highest BCUT2D eigenvalue weighted by Crippen LogP contribution is 2.30. The fraction of sp³-hybridized carbons (Fsp3) is 0.750. The SMILES string of the molecule is CCCc1nc(NCC)c(C)c(NCC2(O)CCCC2)n1. The molecule has 5 nitrogen and oxygen atoms in total. The van der Waals surface area contributed by atoms with E-state index >= 15 is 0 Å². The minimum absolute atomic E-state index is 0.569. The highest BCUT2D eigenvalue weighted by atomic mass is 16.3. The predicted molar refractivity (Wildman–Crippen MR) is 86.8 cm³/mol. The average molecular weight is 292 g/mol. The summed E-state index contributed by atoms with van der Waals surface area (Å²) in [5.41, 5.74) is 0.457. The molecule has 0 saturated heterocycles. The van der Waals surface area contributed by atoms with Crippen molar-refractivity contribution >= 4 is 11.6 Å². The Morgan fingerprint density at radius 1 is 1.10 bits per heavy atom. The number of aromatic nitrogens is 2. The summed E-state index contributed by atoms with van der Waals surface area (Å²) in [5, 5.41) is 17.1. The van der Waals surface area contributed by atoms with E-state index in [0.29, 0.717) is 6.54 Å². The van der Waals surface area contributed by atoms with Crippen molar-refractivity contribution in [2.24, 2.45) is 0 Å². The molecule has 0 aliphatic heterocycles. The third-order valence-electron chi connectivity index (χ3n) is 4.13. The van der Waals surface area contributed by atoms with E-state index < -0.39 is 5.60 Å². The first-order valence-electron chi connectivity index (χ1n) is 8.15. The second kappa shape index (κ2) is 7.07. The van der Waals surface area contributed by atoms with E-state index in [9.17, 15) is 5.11 Å². The van der Waals surface area contributed by atoms with E-state index in [0.717, 1.165) is 68.1 Å². The molecule has 0 unspecified atom stereocenters. The molecule has 0 bridgehead atoms.